The largest absolute Gasteiger partial charge is 0.481 e. The fourth-order valence-electron chi connectivity index (χ4n) is 5.07. The summed E-state index contributed by atoms with van der Waals surface area (Å²) in [6, 6.07) is 10.5. The van der Waals surface area contributed by atoms with E-state index in [-0.39, 0.29) is 5.92 Å². The first-order chi connectivity index (χ1) is 15.2. The third-order valence-electron chi connectivity index (χ3n) is 7.21. The molecule has 4 rings (SSSR count). The molecular weight excluding hydrogens is 400 g/mol. The second-order valence-corrected chi connectivity index (χ2v) is 9.84. The maximum absolute atomic E-state index is 12.4. The average Bonchev–Trinajstić information content (AvgIpc) is 3.14. The van der Waals surface area contributed by atoms with Crippen LogP contribution in [0.5, 0.6) is 0 Å². The molecule has 0 aliphatic carbocycles. The number of hydrogen-bond donors (Lipinski definition) is 1. The smallest absolute Gasteiger partial charge is 0.310 e. The number of nitrogens with zero attached hydrogens (tertiary/aromatic N) is 4. The van der Waals surface area contributed by atoms with Gasteiger partial charge in [-0.25, -0.2) is 4.68 Å². The SMILES string of the molecule is Cc1ccc([C@@H](c2ccc3c(nnn3C)c2C)C(C)(C)C(=O)O)cc1CN1CCCCC1. The summed E-state index contributed by atoms with van der Waals surface area (Å²) in [5, 5.41) is 18.7. The Morgan fingerprint density at radius 3 is 2.53 bits per heavy atom. The molecule has 1 aromatic heterocycles. The standard InChI is InChI=1S/C26H34N4O2/c1-17-9-10-19(15-20(17)16-30-13-7-6-8-14-30)23(26(3,4)25(31)32)21-11-12-22-24(18(21)2)27-28-29(22)5/h9-12,15,23H,6-8,13-14,16H2,1-5H3,(H,31,32)/t23-/m0/s1. The Morgan fingerprint density at radius 2 is 1.84 bits per heavy atom. The Kier molecular flexibility index (Phi) is 6.08. The molecular formula is C26H34N4O2. The van der Waals surface area contributed by atoms with Crippen molar-refractivity contribution in [2.45, 2.75) is 59.4 Å². The summed E-state index contributed by atoms with van der Waals surface area (Å²) in [5.74, 6) is -1.11. The molecule has 0 saturated carbocycles. The van der Waals surface area contributed by atoms with Gasteiger partial charge in [0.25, 0.3) is 0 Å². The molecule has 1 aliphatic heterocycles. The van der Waals surface area contributed by atoms with Crippen LogP contribution >= 0.6 is 0 Å². The van der Waals surface area contributed by atoms with Gasteiger partial charge in [0.05, 0.1) is 10.9 Å². The highest BCUT2D eigenvalue weighted by Crippen LogP contribution is 2.44. The van der Waals surface area contributed by atoms with Gasteiger partial charge in [-0.15, -0.1) is 5.10 Å². The van der Waals surface area contributed by atoms with Crippen molar-refractivity contribution in [3.63, 3.8) is 0 Å². The molecule has 3 aromatic rings. The molecule has 1 fully saturated rings. The third kappa shape index (κ3) is 4.04. The minimum atomic E-state index is -0.988. The van der Waals surface area contributed by atoms with E-state index in [4.69, 9.17) is 0 Å². The number of benzene rings is 2. The van der Waals surface area contributed by atoms with Gasteiger partial charge in [0, 0.05) is 19.5 Å². The maximum Gasteiger partial charge on any atom is 0.310 e. The number of fused-ring (bicyclic) bond motifs is 1. The zero-order valence-corrected chi connectivity index (χ0v) is 19.9. The van der Waals surface area contributed by atoms with Crippen LogP contribution in [0.1, 0.15) is 66.8 Å². The number of hydrogen-bond acceptors (Lipinski definition) is 4. The molecule has 1 aliphatic rings. The fraction of sp³-hybridized carbons (Fsp3) is 0.500. The van der Waals surface area contributed by atoms with Crippen LogP contribution in [0.15, 0.2) is 30.3 Å². The predicted molar refractivity (Wildman–Crippen MR) is 127 cm³/mol. The van der Waals surface area contributed by atoms with Crippen LogP contribution in [0.2, 0.25) is 0 Å². The van der Waals surface area contributed by atoms with E-state index < -0.39 is 11.4 Å². The van der Waals surface area contributed by atoms with Crippen LogP contribution < -0.4 is 0 Å². The summed E-state index contributed by atoms with van der Waals surface area (Å²) in [4.78, 5) is 14.9. The van der Waals surface area contributed by atoms with Gasteiger partial charge in [-0.2, -0.15) is 0 Å². The lowest BCUT2D eigenvalue weighted by molar-refractivity contribution is -0.147. The fourth-order valence-corrected chi connectivity index (χ4v) is 5.07. The molecule has 0 amide bonds. The van der Waals surface area contributed by atoms with Crippen molar-refractivity contribution in [3.8, 4) is 0 Å². The molecule has 1 atom stereocenters. The highest BCUT2D eigenvalue weighted by molar-refractivity contribution is 5.81. The van der Waals surface area contributed by atoms with Crippen molar-refractivity contribution in [2.75, 3.05) is 13.1 Å². The maximum atomic E-state index is 12.4. The van der Waals surface area contributed by atoms with Gasteiger partial charge >= 0.3 is 5.97 Å². The number of piperidine rings is 1. The molecule has 2 heterocycles. The second kappa shape index (κ2) is 8.66. The first-order valence-electron chi connectivity index (χ1n) is 11.5. The lowest BCUT2D eigenvalue weighted by atomic mass is 9.69. The summed E-state index contributed by atoms with van der Waals surface area (Å²) < 4.78 is 1.76. The molecule has 170 valence electrons. The van der Waals surface area contributed by atoms with E-state index in [9.17, 15) is 9.90 Å². The van der Waals surface area contributed by atoms with Crippen molar-refractivity contribution >= 4 is 17.0 Å². The molecule has 32 heavy (non-hydrogen) atoms. The Morgan fingerprint density at radius 1 is 1.12 bits per heavy atom. The number of rotatable bonds is 6. The third-order valence-corrected chi connectivity index (χ3v) is 7.21. The number of aromatic nitrogens is 3. The van der Waals surface area contributed by atoms with Gasteiger partial charge in [0.1, 0.15) is 5.52 Å². The molecule has 2 aromatic carbocycles. The Balaban J connectivity index is 1.82. The predicted octanol–water partition coefficient (Wildman–Crippen LogP) is 4.81. The van der Waals surface area contributed by atoms with Crippen LogP contribution in [-0.4, -0.2) is 44.1 Å². The van der Waals surface area contributed by atoms with Crippen LogP contribution in [0, 0.1) is 19.3 Å². The van der Waals surface area contributed by atoms with E-state index >= 15 is 0 Å². The Bertz CT molecular complexity index is 1140. The van der Waals surface area contributed by atoms with Crippen molar-refractivity contribution < 1.29 is 9.90 Å². The Labute approximate surface area is 190 Å². The van der Waals surface area contributed by atoms with Gasteiger partial charge in [-0.3, -0.25) is 9.69 Å². The molecule has 0 bridgehead atoms. The van der Waals surface area contributed by atoms with E-state index in [1.807, 2.05) is 33.9 Å². The monoisotopic (exact) mass is 434 g/mol. The molecule has 1 N–H and O–H groups in total. The quantitative estimate of drug-likeness (QED) is 0.603. The van der Waals surface area contributed by atoms with E-state index in [0.29, 0.717) is 0 Å². The number of aliphatic carboxylic acids is 1. The molecule has 0 spiro atoms. The van der Waals surface area contributed by atoms with E-state index in [2.05, 4.69) is 46.4 Å². The van der Waals surface area contributed by atoms with Gasteiger partial charge in [-0.1, -0.05) is 35.9 Å². The molecule has 6 nitrogen and oxygen atoms in total. The molecule has 1 saturated heterocycles. The summed E-state index contributed by atoms with van der Waals surface area (Å²) in [6.07, 6.45) is 3.82. The summed E-state index contributed by atoms with van der Waals surface area (Å²) >= 11 is 0. The van der Waals surface area contributed by atoms with Crippen LogP contribution in [-0.2, 0) is 18.4 Å². The van der Waals surface area contributed by atoms with Gasteiger partial charge < -0.3 is 5.11 Å². The first-order valence-corrected chi connectivity index (χ1v) is 11.5. The molecule has 6 heteroatoms. The minimum Gasteiger partial charge on any atom is -0.481 e. The topological polar surface area (TPSA) is 71.2 Å². The molecule has 0 radical (unpaired) electrons. The van der Waals surface area contributed by atoms with Gasteiger partial charge in [0.2, 0.25) is 0 Å². The van der Waals surface area contributed by atoms with Gasteiger partial charge in [-0.05, 0) is 87.5 Å². The number of carboxylic acid groups (broad SMARTS) is 1. The summed E-state index contributed by atoms with van der Waals surface area (Å²) in [6.45, 7) is 11.0. The van der Waals surface area contributed by atoms with Crippen molar-refractivity contribution in [1.82, 2.24) is 19.9 Å². The van der Waals surface area contributed by atoms with Gasteiger partial charge in [0.15, 0.2) is 0 Å². The van der Waals surface area contributed by atoms with Crippen molar-refractivity contribution in [2.24, 2.45) is 12.5 Å². The number of carbonyl (C=O) groups is 1. The zero-order chi connectivity index (χ0) is 23.0. The highest BCUT2D eigenvalue weighted by Gasteiger charge is 2.40. The minimum absolute atomic E-state index is 0.299. The summed E-state index contributed by atoms with van der Waals surface area (Å²) in [5.41, 5.74) is 6.37. The van der Waals surface area contributed by atoms with Crippen molar-refractivity contribution in [3.05, 3.63) is 58.1 Å². The lowest BCUT2D eigenvalue weighted by Crippen LogP contribution is -2.33. The highest BCUT2D eigenvalue weighted by atomic mass is 16.4. The summed E-state index contributed by atoms with van der Waals surface area (Å²) in [7, 11) is 1.87. The molecule has 0 unspecified atom stereocenters. The van der Waals surface area contributed by atoms with E-state index in [1.165, 1.54) is 30.4 Å². The van der Waals surface area contributed by atoms with Crippen LogP contribution in [0.4, 0.5) is 0 Å². The average molecular weight is 435 g/mol. The van der Waals surface area contributed by atoms with Crippen molar-refractivity contribution in [1.29, 1.82) is 0 Å². The second-order valence-electron chi connectivity index (χ2n) is 9.84. The Hall–Kier alpha value is -2.73. The first kappa shape index (κ1) is 22.5. The number of aryl methyl sites for hydroxylation is 3. The normalized spacial score (nSPS) is 16.4. The van der Waals surface area contributed by atoms with Crippen LogP contribution in [0.3, 0.4) is 0 Å². The van der Waals surface area contributed by atoms with E-state index in [1.54, 1.807) is 4.68 Å². The number of carboxylic acids is 1. The van der Waals surface area contributed by atoms with E-state index in [0.717, 1.165) is 47.4 Å². The van der Waals surface area contributed by atoms with Crippen LogP contribution in [0.25, 0.3) is 11.0 Å². The zero-order valence-electron chi connectivity index (χ0n) is 19.9. The lowest BCUT2D eigenvalue weighted by Gasteiger charge is -2.33. The number of likely N-dealkylation sites (tertiary alicyclic amines) is 1.